The summed E-state index contributed by atoms with van der Waals surface area (Å²) in [5.74, 6) is -0.419. The lowest BCUT2D eigenvalue weighted by Crippen LogP contribution is -2.37. The van der Waals surface area contributed by atoms with E-state index in [2.05, 4.69) is 14.8 Å². The summed E-state index contributed by atoms with van der Waals surface area (Å²) < 4.78 is 36.9. The Hall–Kier alpha value is -1.35. The van der Waals surface area contributed by atoms with Crippen molar-refractivity contribution in [3.8, 4) is 5.75 Å². The van der Waals surface area contributed by atoms with Crippen LogP contribution in [0.2, 0.25) is 0 Å². The lowest BCUT2D eigenvalue weighted by molar-refractivity contribution is 0.0597. The number of ether oxygens (including phenoxy) is 2. The fraction of sp³-hybridized carbons (Fsp3) is 0.500. The fourth-order valence-corrected chi connectivity index (χ4v) is 3.44. The lowest BCUT2D eigenvalue weighted by Gasteiger charge is -2.13. The van der Waals surface area contributed by atoms with Crippen molar-refractivity contribution >= 4 is 28.4 Å². The average molecular weight is 365 g/mol. The number of nitrogens with one attached hydrogen (secondary N) is 2. The predicted octanol–water partition coefficient (Wildman–Crippen LogP) is 0.934. The number of halogens is 1. The minimum Gasteiger partial charge on any atom is -0.496 e. The van der Waals surface area contributed by atoms with Crippen molar-refractivity contribution in [2.45, 2.75) is 23.8 Å². The summed E-state index contributed by atoms with van der Waals surface area (Å²) in [7, 11) is -1.03. The number of rotatable bonds is 6. The molecule has 1 saturated heterocycles. The monoisotopic (exact) mass is 364 g/mol. The highest BCUT2D eigenvalue weighted by molar-refractivity contribution is 7.89. The normalized spacial score (nSPS) is 17.4. The predicted molar refractivity (Wildman–Crippen MR) is 87.8 cm³/mol. The summed E-state index contributed by atoms with van der Waals surface area (Å²) in [6.45, 7) is 1.25. The Balaban J connectivity index is 0.00000264. The van der Waals surface area contributed by atoms with Gasteiger partial charge >= 0.3 is 5.97 Å². The maximum Gasteiger partial charge on any atom is 0.341 e. The van der Waals surface area contributed by atoms with Crippen molar-refractivity contribution < 1.29 is 22.7 Å². The van der Waals surface area contributed by atoms with Gasteiger partial charge in [0.2, 0.25) is 10.0 Å². The van der Waals surface area contributed by atoms with Crippen molar-refractivity contribution in [2.75, 3.05) is 27.3 Å². The smallest absolute Gasteiger partial charge is 0.341 e. The van der Waals surface area contributed by atoms with Crippen LogP contribution >= 0.6 is 12.4 Å². The van der Waals surface area contributed by atoms with Crippen LogP contribution in [0.5, 0.6) is 5.75 Å². The Labute approximate surface area is 142 Å². The maximum atomic E-state index is 12.3. The molecule has 9 heteroatoms. The van der Waals surface area contributed by atoms with Gasteiger partial charge in [-0.1, -0.05) is 0 Å². The molecular weight excluding hydrogens is 344 g/mol. The number of esters is 1. The van der Waals surface area contributed by atoms with Gasteiger partial charge in [0.05, 0.1) is 19.1 Å². The van der Waals surface area contributed by atoms with Gasteiger partial charge in [0.1, 0.15) is 11.3 Å². The number of sulfonamides is 1. The molecule has 7 nitrogen and oxygen atoms in total. The molecule has 1 aromatic carbocycles. The quantitative estimate of drug-likeness (QED) is 0.729. The number of benzene rings is 1. The van der Waals surface area contributed by atoms with Crippen molar-refractivity contribution in [1.29, 1.82) is 0 Å². The van der Waals surface area contributed by atoms with Gasteiger partial charge in [-0.05, 0) is 31.5 Å². The number of methoxy groups -OCH3 is 2. The van der Waals surface area contributed by atoms with Crippen LogP contribution in [0.15, 0.2) is 23.1 Å². The average Bonchev–Trinajstić information content (AvgIpc) is 3.05. The van der Waals surface area contributed by atoms with Crippen LogP contribution < -0.4 is 14.8 Å². The Morgan fingerprint density at radius 3 is 2.70 bits per heavy atom. The van der Waals surface area contributed by atoms with E-state index in [4.69, 9.17) is 4.74 Å². The minimum absolute atomic E-state index is 0. The molecule has 23 heavy (non-hydrogen) atoms. The van der Waals surface area contributed by atoms with E-state index in [1.54, 1.807) is 0 Å². The highest BCUT2D eigenvalue weighted by atomic mass is 35.5. The van der Waals surface area contributed by atoms with E-state index in [0.29, 0.717) is 6.54 Å². The van der Waals surface area contributed by atoms with Gasteiger partial charge in [-0.2, -0.15) is 0 Å². The Morgan fingerprint density at radius 2 is 2.13 bits per heavy atom. The zero-order valence-electron chi connectivity index (χ0n) is 13.0. The number of carbonyl (C=O) groups excluding carboxylic acids is 1. The molecule has 2 rings (SSSR count). The van der Waals surface area contributed by atoms with Gasteiger partial charge in [-0.15, -0.1) is 12.4 Å². The van der Waals surface area contributed by atoms with Gasteiger partial charge in [0.25, 0.3) is 0 Å². The molecule has 0 spiro atoms. The van der Waals surface area contributed by atoms with Gasteiger partial charge < -0.3 is 14.8 Å². The van der Waals surface area contributed by atoms with Crippen molar-refractivity contribution in [3.05, 3.63) is 23.8 Å². The van der Waals surface area contributed by atoms with E-state index in [1.807, 2.05) is 0 Å². The van der Waals surface area contributed by atoms with E-state index >= 15 is 0 Å². The summed E-state index contributed by atoms with van der Waals surface area (Å²) in [5, 5.41) is 3.22. The van der Waals surface area contributed by atoms with E-state index in [0.717, 1.165) is 19.4 Å². The second-order valence-electron chi connectivity index (χ2n) is 5.00. The first-order chi connectivity index (χ1) is 10.5. The molecule has 1 fully saturated rings. The van der Waals surface area contributed by atoms with Gasteiger partial charge in [0, 0.05) is 18.7 Å². The van der Waals surface area contributed by atoms with Crippen LogP contribution in [0.3, 0.4) is 0 Å². The van der Waals surface area contributed by atoms with Crippen LogP contribution in [0.25, 0.3) is 0 Å². The molecule has 0 aromatic heterocycles. The second-order valence-corrected chi connectivity index (χ2v) is 6.77. The SMILES string of the molecule is COC(=O)c1ccc(S(=O)(=O)NCC2CCCN2)cc1OC.Cl. The standard InChI is InChI=1S/C14H20N2O5S.ClH/c1-20-13-8-11(5-6-12(13)14(17)21-2)22(18,19)16-9-10-4-3-7-15-10;/h5-6,8,10,15-16H,3-4,7,9H2,1-2H3;1H. The van der Waals surface area contributed by atoms with Crippen LogP contribution in [0, 0.1) is 0 Å². The van der Waals surface area contributed by atoms with E-state index in [9.17, 15) is 13.2 Å². The Morgan fingerprint density at radius 1 is 1.39 bits per heavy atom. The third-order valence-corrected chi connectivity index (χ3v) is 4.99. The van der Waals surface area contributed by atoms with Gasteiger partial charge in [-0.25, -0.2) is 17.9 Å². The molecule has 1 aliphatic heterocycles. The molecular formula is C14H21ClN2O5S. The lowest BCUT2D eigenvalue weighted by atomic mass is 10.2. The van der Waals surface area contributed by atoms with Gasteiger partial charge in [-0.3, -0.25) is 0 Å². The molecule has 0 saturated carbocycles. The van der Waals surface area contributed by atoms with E-state index in [1.165, 1.54) is 32.4 Å². The minimum atomic E-state index is -3.65. The summed E-state index contributed by atoms with van der Waals surface area (Å²) in [6, 6.07) is 4.22. The largest absolute Gasteiger partial charge is 0.496 e. The molecule has 1 heterocycles. The summed E-state index contributed by atoms with van der Waals surface area (Å²) in [5.41, 5.74) is 0.182. The second kappa shape index (κ2) is 8.49. The first kappa shape index (κ1) is 19.7. The Bertz CT molecular complexity index is 645. The number of carbonyl (C=O) groups is 1. The molecule has 1 unspecified atom stereocenters. The van der Waals surface area contributed by atoms with Crippen LogP contribution in [-0.4, -0.2) is 47.7 Å². The number of hydrogen-bond acceptors (Lipinski definition) is 6. The molecule has 0 aliphatic carbocycles. The van der Waals surface area contributed by atoms with Crippen molar-refractivity contribution in [2.24, 2.45) is 0 Å². The highest BCUT2D eigenvalue weighted by Gasteiger charge is 2.22. The molecule has 0 amide bonds. The molecule has 2 N–H and O–H groups in total. The van der Waals surface area contributed by atoms with Crippen LogP contribution in [-0.2, 0) is 14.8 Å². The molecule has 0 radical (unpaired) electrons. The van der Waals surface area contributed by atoms with E-state index < -0.39 is 16.0 Å². The van der Waals surface area contributed by atoms with Gasteiger partial charge in [0.15, 0.2) is 0 Å². The summed E-state index contributed by atoms with van der Waals surface area (Å²) in [6.07, 6.45) is 2.00. The fourth-order valence-electron chi connectivity index (χ4n) is 2.34. The zero-order valence-corrected chi connectivity index (χ0v) is 14.6. The van der Waals surface area contributed by atoms with Crippen LogP contribution in [0.4, 0.5) is 0 Å². The highest BCUT2D eigenvalue weighted by Crippen LogP contribution is 2.23. The first-order valence-corrected chi connectivity index (χ1v) is 8.45. The van der Waals surface area contributed by atoms with Crippen molar-refractivity contribution in [1.82, 2.24) is 10.0 Å². The third-order valence-electron chi connectivity index (χ3n) is 3.57. The maximum absolute atomic E-state index is 12.3. The first-order valence-electron chi connectivity index (χ1n) is 6.97. The van der Waals surface area contributed by atoms with Crippen molar-refractivity contribution in [3.63, 3.8) is 0 Å². The molecule has 1 aliphatic rings. The zero-order chi connectivity index (χ0) is 16.2. The van der Waals surface area contributed by atoms with E-state index in [-0.39, 0.29) is 34.7 Å². The molecule has 0 bridgehead atoms. The Kier molecular flexibility index (Phi) is 7.27. The number of hydrogen-bond donors (Lipinski definition) is 2. The molecule has 1 atom stereocenters. The third kappa shape index (κ3) is 4.81. The molecule has 1 aromatic rings. The summed E-state index contributed by atoms with van der Waals surface area (Å²) in [4.78, 5) is 11.6. The van der Waals surface area contributed by atoms with Crippen LogP contribution in [0.1, 0.15) is 23.2 Å². The topological polar surface area (TPSA) is 93.7 Å². The molecule has 130 valence electrons. The summed E-state index contributed by atoms with van der Waals surface area (Å²) >= 11 is 0.